The summed E-state index contributed by atoms with van der Waals surface area (Å²) in [5, 5.41) is 3.20. The zero-order valence-electron chi connectivity index (χ0n) is 14.4. The number of halogens is 1. The summed E-state index contributed by atoms with van der Waals surface area (Å²) in [6.07, 6.45) is 0.146. The number of amides is 1. The van der Waals surface area contributed by atoms with Gasteiger partial charge in [-0.3, -0.25) is 9.10 Å². The molecule has 0 radical (unpaired) electrons. The first-order valence-corrected chi connectivity index (χ1v) is 10.2. The lowest BCUT2D eigenvalue weighted by Gasteiger charge is -2.34. The molecule has 0 saturated carbocycles. The number of carbonyl (C=O) groups excluding carboxylic acids is 1. The van der Waals surface area contributed by atoms with Crippen molar-refractivity contribution in [2.24, 2.45) is 0 Å². The van der Waals surface area contributed by atoms with Crippen molar-refractivity contribution in [2.45, 2.75) is 19.6 Å². The summed E-state index contributed by atoms with van der Waals surface area (Å²) in [4.78, 5) is 12.5. The number of benzene rings is 2. The Hall–Kier alpha value is -2.25. The van der Waals surface area contributed by atoms with Crippen LogP contribution >= 0.6 is 11.6 Å². The standard InChI is InChI=1S/C18H19ClN2O4S/c1-12-5-3-4-6-13(12)10-20-18(22)17-11-21(26(2,23)24)15-9-14(19)7-8-16(15)25-17/h3-9,17H,10-11H2,1-2H3,(H,20,22). The van der Waals surface area contributed by atoms with Crippen LogP contribution in [0, 0.1) is 6.92 Å². The average Bonchev–Trinajstić information content (AvgIpc) is 2.59. The van der Waals surface area contributed by atoms with Crippen molar-refractivity contribution in [1.29, 1.82) is 0 Å². The SMILES string of the molecule is Cc1ccccc1CNC(=O)C1CN(S(C)(=O)=O)c2cc(Cl)ccc2O1. The molecule has 0 bridgehead atoms. The first-order chi connectivity index (χ1) is 12.3. The number of rotatable bonds is 4. The zero-order valence-corrected chi connectivity index (χ0v) is 16.0. The molecule has 8 heteroatoms. The van der Waals surface area contributed by atoms with Crippen molar-refractivity contribution >= 4 is 33.2 Å². The van der Waals surface area contributed by atoms with Crippen molar-refractivity contribution in [3.63, 3.8) is 0 Å². The second-order valence-corrected chi connectivity index (χ2v) is 8.50. The van der Waals surface area contributed by atoms with E-state index in [2.05, 4.69) is 5.32 Å². The first kappa shape index (κ1) is 18.5. The summed E-state index contributed by atoms with van der Waals surface area (Å²) in [5.74, 6) is -0.0652. The van der Waals surface area contributed by atoms with Crippen LogP contribution in [0.2, 0.25) is 5.02 Å². The van der Waals surface area contributed by atoms with Gasteiger partial charge >= 0.3 is 0 Å². The highest BCUT2D eigenvalue weighted by Crippen LogP contribution is 2.37. The maximum absolute atomic E-state index is 12.5. The van der Waals surface area contributed by atoms with Gasteiger partial charge in [0.15, 0.2) is 6.10 Å². The molecule has 26 heavy (non-hydrogen) atoms. The number of nitrogens with one attached hydrogen (secondary N) is 1. The monoisotopic (exact) mass is 394 g/mol. The van der Waals surface area contributed by atoms with Crippen LogP contribution in [-0.2, 0) is 21.4 Å². The maximum atomic E-state index is 12.5. The predicted molar refractivity (Wildman–Crippen MR) is 101 cm³/mol. The Morgan fingerprint density at radius 1 is 1.31 bits per heavy atom. The van der Waals surface area contributed by atoms with Gasteiger partial charge in [0.2, 0.25) is 10.0 Å². The summed E-state index contributed by atoms with van der Waals surface area (Å²) in [6.45, 7) is 2.20. The minimum absolute atomic E-state index is 0.105. The second-order valence-electron chi connectivity index (χ2n) is 6.16. The summed E-state index contributed by atoms with van der Waals surface area (Å²) >= 11 is 5.97. The average molecular weight is 395 g/mol. The normalized spacial score (nSPS) is 16.6. The fourth-order valence-electron chi connectivity index (χ4n) is 2.78. The lowest BCUT2D eigenvalue weighted by Crippen LogP contribution is -2.50. The van der Waals surface area contributed by atoms with Crippen LogP contribution in [0.1, 0.15) is 11.1 Å². The molecule has 1 atom stereocenters. The largest absolute Gasteiger partial charge is 0.476 e. The number of anilines is 1. The van der Waals surface area contributed by atoms with Crippen molar-refractivity contribution in [2.75, 3.05) is 17.1 Å². The Bertz CT molecular complexity index is 946. The Morgan fingerprint density at radius 3 is 2.73 bits per heavy atom. The quantitative estimate of drug-likeness (QED) is 0.864. The number of sulfonamides is 1. The molecule has 0 spiro atoms. The number of fused-ring (bicyclic) bond motifs is 1. The topological polar surface area (TPSA) is 75.7 Å². The van der Waals surface area contributed by atoms with Crippen LogP contribution in [0.4, 0.5) is 5.69 Å². The predicted octanol–water partition coefficient (Wildman–Crippen LogP) is 2.49. The van der Waals surface area contributed by atoms with Gasteiger partial charge in [0, 0.05) is 11.6 Å². The van der Waals surface area contributed by atoms with Crippen LogP contribution in [-0.4, -0.2) is 33.2 Å². The molecule has 1 N–H and O–H groups in total. The Kier molecular flexibility index (Phi) is 5.11. The summed E-state index contributed by atoms with van der Waals surface area (Å²) < 4.78 is 31.2. The fourth-order valence-corrected chi connectivity index (χ4v) is 3.85. The van der Waals surface area contributed by atoms with Gasteiger partial charge in [-0.25, -0.2) is 8.42 Å². The Morgan fingerprint density at radius 2 is 2.04 bits per heavy atom. The van der Waals surface area contributed by atoms with Crippen LogP contribution in [0.5, 0.6) is 5.75 Å². The van der Waals surface area contributed by atoms with Gasteiger partial charge in [-0.1, -0.05) is 35.9 Å². The summed E-state index contributed by atoms with van der Waals surface area (Å²) in [6, 6.07) is 12.4. The molecular formula is C18H19ClN2O4S. The molecule has 1 amide bonds. The van der Waals surface area contributed by atoms with E-state index in [9.17, 15) is 13.2 Å². The van der Waals surface area contributed by atoms with E-state index in [1.54, 1.807) is 12.1 Å². The molecule has 0 aliphatic carbocycles. The molecule has 0 aromatic heterocycles. The van der Waals surface area contributed by atoms with Crippen molar-refractivity contribution < 1.29 is 17.9 Å². The number of hydrogen-bond donors (Lipinski definition) is 1. The third-order valence-corrected chi connectivity index (χ3v) is 5.58. The van der Waals surface area contributed by atoms with E-state index < -0.39 is 16.1 Å². The van der Waals surface area contributed by atoms with E-state index in [4.69, 9.17) is 16.3 Å². The molecule has 1 heterocycles. The van der Waals surface area contributed by atoms with Gasteiger partial charge in [0.25, 0.3) is 5.91 Å². The van der Waals surface area contributed by atoms with Gasteiger partial charge in [-0.15, -0.1) is 0 Å². The van der Waals surface area contributed by atoms with Crippen LogP contribution < -0.4 is 14.4 Å². The minimum atomic E-state index is -3.58. The molecule has 2 aromatic carbocycles. The molecule has 1 unspecified atom stereocenters. The van der Waals surface area contributed by atoms with Crippen LogP contribution in [0.15, 0.2) is 42.5 Å². The highest BCUT2D eigenvalue weighted by atomic mass is 35.5. The first-order valence-electron chi connectivity index (χ1n) is 8.02. The van der Waals surface area contributed by atoms with Crippen molar-refractivity contribution in [3.05, 3.63) is 58.6 Å². The molecule has 3 rings (SSSR count). The Balaban J connectivity index is 1.80. The van der Waals surface area contributed by atoms with Gasteiger partial charge in [-0.2, -0.15) is 0 Å². The van der Waals surface area contributed by atoms with E-state index in [-0.39, 0.29) is 12.5 Å². The Labute approximate surface area is 157 Å². The van der Waals surface area contributed by atoms with Crippen LogP contribution in [0.3, 0.4) is 0 Å². The molecule has 2 aromatic rings. The van der Waals surface area contributed by atoms with Gasteiger partial charge < -0.3 is 10.1 Å². The van der Waals surface area contributed by atoms with Crippen molar-refractivity contribution in [3.8, 4) is 5.75 Å². The minimum Gasteiger partial charge on any atom is -0.476 e. The van der Waals surface area contributed by atoms with E-state index in [0.717, 1.165) is 21.7 Å². The van der Waals surface area contributed by atoms with E-state index in [0.29, 0.717) is 23.0 Å². The number of carbonyl (C=O) groups is 1. The highest BCUT2D eigenvalue weighted by Gasteiger charge is 2.35. The lowest BCUT2D eigenvalue weighted by molar-refractivity contribution is -0.127. The highest BCUT2D eigenvalue weighted by molar-refractivity contribution is 7.92. The third kappa shape index (κ3) is 3.94. The smallest absolute Gasteiger partial charge is 0.263 e. The number of aryl methyl sites for hydroxylation is 1. The van der Waals surface area contributed by atoms with E-state index in [1.807, 2.05) is 31.2 Å². The van der Waals surface area contributed by atoms with Gasteiger partial charge in [0.1, 0.15) is 5.75 Å². The molecule has 0 fully saturated rings. The second kappa shape index (κ2) is 7.17. The fraction of sp³-hybridized carbons (Fsp3) is 0.278. The van der Waals surface area contributed by atoms with Gasteiger partial charge in [-0.05, 0) is 36.2 Å². The summed E-state index contributed by atoms with van der Waals surface area (Å²) in [7, 11) is -3.58. The molecule has 1 aliphatic rings. The number of ether oxygens (including phenoxy) is 1. The maximum Gasteiger partial charge on any atom is 0.263 e. The molecule has 6 nitrogen and oxygen atoms in total. The lowest BCUT2D eigenvalue weighted by atomic mass is 10.1. The zero-order chi connectivity index (χ0) is 18.9. The number of hydrogen-bond acceptors (Lipinski definition) is 4. The third-order valence-electron chi connectivity index (χ3n) is 4.20. The van der Waals surface area contributed by atoms with Crippen molar-refractivity contribution in [1.82, 2.24) is 5.32 Å². The molecule has 1 aliphatic heterocycles. The van der Waals surface area contributed by atoms with E-state index >= 15 is 0 Å². The molecule has 0 saturated heterocycles. The number of nitrogens with zero attached hydrogens (tertiary/aromatic N) is 1. The van der Waals surface area contributed by atoms with Gasteiger partial charge in [0.05, 0.1) is 18.5 Å². The summed E-state index contributed by atoms with van der Waals surface area (Å²) in [5.41, 5.74) is 2.39. The van der Waals surface area contributed by atoms with Crippen LogP contribution in [0.25, 0.3) is 0 Å². The molecular weight excluding hydrogens is 376 g/mol. The molecule has 138 valence electrons. The van der Waals surface area contributed by atoms with E-state index in [1.165, 1.54) is 6.07 Å².